The Morgan fingerprint density at radius 2 is 2.27 bits per heavy atom. The van der Waals surface area contributed by atoms with Gasteiger partial charge in [0.05, 0.1) is 0 Å². The van der Waals surface area contributed by atoms with E-state index in [1.54, 1.807) is 0 Å². The summed E-state index contributed by atoms with van der Waals surface area (Å²) in [4.78, 5) is 0. The van der Waals surface area contributed by atoms with Gasteiger partial charge in [-0.3, -0.25) is 9.31 Å². The molecule has 1 rings (SSSR count). The Kier molecular flexibility index (Phi) is 5.17. The van der Waals surface area contributed by atoms with Gasteiger partial charge < -0.3 is 4.57 Å². The van der Waals surface area contributed by atoms with Crippen LogP contribution in [0.4, 0.5) is 0 Å². The molecule has 0 aromatic carbocycles. The minimum absolute atomic E-state index is 0.631. The Morgan fingerprint density at radius 1 is 1.53 bits per heavy atom. The SMILES string of the molecule is CCCc1n[nH]c(=S)n1CCS(=O)CC. The van der Waals surface area contributed by atoms with Crippen LogP contribution >= 0.6 is 12.2 Å². The number of nitrogens with zero attached hydrogens (tertiary/aromatic N) is 2. The molecule has 0 saturated carbocycles. The molecule has 1 heterocycles. The number of aromatic amines is 1. The number of aryl methyl sites for hydroxylation is 1. The van der Waals surface area contributed by atoms with Crippen LogP contribution in [0.15, 0.2) is 0 Å². The quantitative estimate of drug-likeness (QED) is 0.778. The van der Waals surface area contributed by atoms with Crippen LogP contribution in [0.2, 0.25) is 0 Å². The van der Waals surface area contributed by atoms with Crippen molar-refractivity contribution in [1.82, 2.24) is 14.8 Å². The number of H-pyrrole nitrogens is 1. The molecule has 6 heteroatoms. The second-order valence-electron chi connectivity index (χ2n) is 3.28. The van der Waals surface area contributed by atoms with Gasteiger partial charge in [0.2, 0.25) is 0 Å². The van der Waals surface area contributed by atoms with Crippen LogP contribution in [0.3, 0.4) is 0 Å². The third-order valence-corrected chi connectivity index (χ3v) is 3.77. The van der Waals surface area contributed by atoms with Gasteiger partial charge in [0.15, 0.2) is 4.77 Å². The van der Waals surface area contributed by atoms with Crippen LogP contribution in [0.5, 0.6) is 0 Å². The van der Waals surface area contributed by atoms with Crippen molar-refractivity contribution in [3.63, 3.8) is 0 Å². The zero-order chi connectivity index (χ0) is 11.3. The predicted molar refractivity (Wildman–Crippen MR) is 65.0 cm³/mol. The molecule has 1 N–H and O–H groups in total. The Morgan fingerprint density at radius 3 is 2.87 bits per heavy atom. The van der Waals surface area contributed by atoms with Crippen molar-refractivity contribution in [2.75, 3.05) is 11.5 Å². The van der Waals surface area contributed by atoms with Gasteiger partial charge in [-0.2, -0.15) is 5.10 Å². The lowest BCUT2D eigenvalue weighted by Crippen LogP contribution is -2.11. The van der Waals surface area contributed by atoms with E-state index >= 15 is 0 Å². The van der Waals surface area contributed by atoms with E-state index in [-0.39, 0.29) is 0 Å². The zero-order valence-electron chi connectivity index (χ0n) is 9.15. The molecule has 86 valence electrons. The zero-order valence-corrected chi connectivity index (χ0v) is 10.8. The van der Waals surface area contributed by atoms with Crippen LogP contribution in [-0.4, -0.2) is 30.5 Å². The van der Waals surface area contributed by atoms with E-state index in [9.17, 15) is 4.21 Å². The summed E-state index contributed by atoms with van der Waals surface area (Å²) in [6.07, 6.45) is 1.95. The van der Waals surface area contributed by atoms with E-state index in [1.807, 2.05) is 11.5 Å². The molecule has 1 atom stereocenters. The van der Waals surface area contributed by atoms with Crippen molar-refractivity contribution in [2.24, 2.45) is 0 Å². The van der Waals surface area contributed by atoms with E-state index in [4.69, 9.17) is 12.2 Å². The van der Waals surface area contributed by atoms with E-state index < -0.39 is 10.8 Å². The van der Waals surface area contributed by atoms with Crippen molar-refractivity contribution < 1.29 is 4.21 Å². The number of aromatic nitrogens is 3. The third kappa shape index (κ3) is 3.53. The highest BCUT2D eigenvalue weighted by Crippen LogP contribution is 2.02. The average Bonchev–Trinajstić information content (AvgIpc) is 2.57. The van der Waals surface area contributed by atoms with Gasteiger partial charge >= 0.3 is 0 Å². The summed E-state index contributed by atoms with van der Waals surface area (Å²) in [5, 5.41) is 6.94. The Labute approximate surface area is 97.5 Å². The fraction of sp³-hybridized carbons (Fsp3) is 0.778. The summed E-state index contributed by atoms with van der Waals surface area (Å²) in [6.45, 7) is 4.73. The topological polar surface area (TPSA) is 50.7 Å². The van der Waals surface area contributed by atoms with E-state index in [2.05, 4.69) is 17.1 Å². The monoisotopic (exact) mass is 247 g/mol. The number of hydrogen-bond acceptors (Lipinski definition) is 3. The third-order valence-electron chi connectivity index (χ3n) is 2.18. The van der Waals surface area contributed by atoms with Gasteiger partial charge in [-0.15, -0.1) is 0 Å². The molecule has 0 bridgehead atoms. The van der Waals surface area contributed by atoms with Gasteiger partial charge in [0.25, 0.3) is 0 Å². The van der Waals surface area contributed by atoms with Crippen LogP contribution in [0, 0.1) is 4.77 Å². The molecule has 0 spiro atoms. The van der Waals surface area contributed by atoms with Crippen LogP contribution < -0.4 is 0 Å². The second-order valence-corrected chi connectivity index (χ2v) is 5.53. The number of nitrogens with one attached hydrogen (secondary N) is 1. The first-order chi connectivity index (χ1) is 7.19. The molecule has 0 aliphatic rings. The summed E-state index contributed by atoms with van der Waals surface area (Å²) in [7, 11) is -0.741. The molecule has 0 fully saturated rings. The van der Waals surface area contributed by atoms with Crippen LogP contribution in [-0.2, 0) is 23.8 Å². The molecule has 0 saturated heterocycles. The van der Waals surface area contributed by atoms with E-state index in [1.165, 1.54) is 0 Å². The standard InChI is InChI=1S/C9H17N3OS2/c1-3-5-8-10-11-9(14)12(8)6-7-15(13)4-2/h3-7H2,1-2H3,(H,11,14). The summed E-state index contributed by atoms with van der Waals surface area (Å²) in [6, 6.07) is 0. The summed E-state index contributed by atoms with van der Waals surface area (Å²) >= 11 is 5.12. The molecule has 0 aliphatic heterocycles. The highest BCUT2D eigenvalue weighted by Gasteiger charge is 2.05. The molecule has 15 heavy (non-hydrogen) atoms. The molecular formula is C9H17N3OS2. The molecule has 0 aliphatic carbocycles. The minimum Gasteiger partial charge on any atom is -0.303 e. The second kappa shape index (κ2) is 6.17. The maximum Gasteiger partial charge on any atom is 0.195 e. The van der Waals surface area contributed by atoms with Gasteiger partial charge in [-0.05, 0) is 18.6 Å². The summed E-state index contributed by atoms with van der Waals surface area (Å²) < 4.78 is 13.9. The van der Waals surface area contributed by atoms with Crippen molar-refractivity contribution in [3.05, 3.63) is 10.6 Å². The molecule has 1 unspecified atom stereocenters. The van der Waals surface area contributed by atoms with Crippen molar-refractivity contribution in [1.29, 1.82) is 0 Å². The van der Waals surface area contributed by atoms with Gasteiger partial charge in [-0.1, -0.05) is 13.8 Å². The van der Waals surface area contributed by atoms with Crippen LogP contribution in [0.1, 0.15) is 26.1 Å². The molecule has 1 aromatic heterocycles. The van der Waals surface area contributed by atoms with E-state index in [0.29, 0.717) is 22.8 Å². The number of rotatable bonds is 6. The normalized spacial score (nSPS) is 12.9. The lowest BCUT2D eigenvalue weighted by atomic mass is 10.3. The average molecular weight is 247 g/mol. The Hall–Kier alpha value is -0.490. The van der Waals surface area contributed by atoms with Crippen molar-refractivity contribution in [2.45, 2.75) is 33.2 Å². The number of hydrogen-bond donors (Lipinski definition) is 1. The first-order valence-corrected chi connectivity index (χ1v) is 7.07. The smallest absolute Gasteiger partial charge is 0.195 e. The largest absolute Gasteiger partial charge is 0.303 e. The van der Waals surface area contributed by atoms with Crippen molar-refractivity contribution >= 4 is 23.0 Å². The van der Waals surface area contributed by atoms with Gasteiger partial charge in [0.1, 0.15) is 5.82 Å². The van der Waals surface area contributed by atoms with Gasteiger partial charge in [0, 0.05) is 35.3 Å². The lowest BCUT2D eigenvalue weighted by Gasteiger charge is -2.04. The molecule has 1 aromatic rings. The first kappa shape index (κ1) is 12.6. The Bertz CT molecular complexity index is 383. The molecule has 4 nitrogen and oxygen atoms in total. The van der Waals surface area contributed by atoms with Gasteiger partial charge in [-0.25, -0.2) is 0 Å². The molecule has 0 radical (unpaired) electrons. The summed E-state index contributed by atoms with van der Waals surface area (Å²) in [5.74, 6) is 2.32. The Balaban J connectivity index is 2.70. The lowest BCUT2D eigenvalue weighted by molar-refractivity contribution is 0.656. The first-order valence-electron chi connectivity index (χ1n) is 5.18. The molecular weight excluding hydrogens is 230 g/mol. The predicted octanol–water partition coefficient (Wildman–Crippen LogP) is 1.66. The highest BCUT2D eigenvalue weighted by atomic mass is 32.2. The van der Waals surface area contributed by atoms with E-state index in [0.717, 1.165) is 18.7 Å². The fourth-order valence-corrected chi connectivity index (χ4v) is 2.25. The van der Waals surface area contributed by atoms with Crippen LogP contribution in [0.25, 0.3) is 0 Å². The minimum atomic E-state index is -0.741. The summed E-state index contributed by atoms with van der Waals surface area (Å²) in [5.41, 5.74) is 0. The highest BCUT2D eigenvalue weighted by molar-refractivity contribution is 7.84. The molecule has 0 amide bonds. The maximum atomic E-state index is 11.3. The fourth-order valence-electron chi connectivity index (χ4n) is 1.33. The van der Waals surface area contributed by atoms with Crippen molar-refractivity contribution in [3.8, 4) is 0 Å². The maximum absolute atomic E-state index is 11.3.